The van der Waals surface area contributed by atoms with Gasteiger partial charge in [-0.1, -0.05) is 41.6 Å². The molecule has 1 unspecified atom stereocenters. The average Bonchev–Trinajstić information content (AvgIpc) is 3.54. The summed E-state index contributed by atoms with van der Waals surface area (Å²) in [5, 5.41) is 10.3. The van der Waals surface area contributed by atoms with E-state index in [0.29, 0.717) is 23.4 Å². The van der Waals surface area contributed by atoms with Gasteiger partial charge in [-0.15, -0.1) is 11.3 Å². The van der Waals surface area contributed by atoms with E-state index in [1.54, 1.807) is 17.6 Å². The largest absolute Gasteiger partial charge is 0.467 e. The van der Waals surface area contributed by atoms with Crippen molar-refractivity contribution in [3.63, 3.8) is 0 Å². The van der Waals surface area contributed by atoms with E-state index in [0.717, 1.165) is 27.5 Å². The molecule has 0 aliphatic carbocycles. The smallest absolute Gasteiger partial charge is 0.258 e. The second kappa shape index (κ2) is 7.89. The first kappa shape index (κ1) is 18.8. The summed E-state index contributed by atoms with van der Waals surface area (Å²) in [5.74, 6) is 1.88. The molecule has 5 rings (SSSR count). The van der Waals surface area contributed by atoms with Crippen molar-refractivity contribution in [1.29, 1.82) is 0 Å². The Kier molecular flexibility index (Phi) is 4.94. The third kappa shape index (κ3) is 3.44. The maximum atomic E-state index is 5.72. The lowest BCUT2D eigenvalue weighted by atomic mass is 9.95. The molecule has 1 aliphatic rings. The van der Waals surface area contributed by atoms with E-state index < -0.39 is 0 Å². The van der Waals surface area contributed by atoms with E-state index >= 15 is 0 Å². The van der Waals surface area contributed by atoms with Gasteiger partial charge in [0.25, 0.3) is 5.89 Å². The Hall–Kier alpha value is -3.23. The number of aromatic nitrogens is 2. The molecule has 0 bridgehead atoms. The molecule has 30 heavy (non-hydrogen) atoms. The van der Waals surface area contributed by atoms with E-state index in [9.17, 15) is 0 Å². The highest BCUT2D eigenvalue weighted by Crippen LogP contribution is 2.38. The van der Waals surface area contributed by atoms with Gasteiger partial charge in [0.05, 0.1) is 29.3 Å². The van der Waals surface area contributed by atoms with Crippen LogP contribution in [0.25, 0.3) is 16.3 Å². The van der Waals surface area contributed by atoms with Crippen LogP contribution in [0.5, 0.6) is 0 Å². The zero-order chi connectivity index (χ0) is 20.5. The molecule has 3 aromatic heterocycles. The Balaban J connectivity index is 1.61. The number of hydrogen-bond acceptors (Lipinski definition) is 6. The number of furan rings is 1. The summed E-state index contributed by atoms with van der Waals surface area (Å²) in [6.07, 6.45) is 1.66. The molecule has 4 aromatic rings. The second-order valence-corrected chi connectivity index (χ2v) is 8.19. The highest BCUT2D eigenvalue weighted by atomic mass is 32.1. The monoisotopic (exact) mass is 434 g/mol. The highest BCUT2D eigenvalue weighted by molar-refractivity contribution is 7.80. The van der Waals surface area contributed by atoms with Crippen molar-refractivity contribution in [3.8, 4) is 10.7 Å². The van der Waals surface area contributed by atoms with Crippen molar-refractivity contribution in [2.24, 2.45) is 0 Å². The van der Waals surface area contributed by atoms with Crippen molar-refractivity contribution >= 4 is 34.2 Å². The molecule has 8 heteroatoms. The molecule has 1 aliphatic heterocycles. The van der Waals surface area contributed by atoms with E-state index in [2.05, 4.69) is 22.6 Å². The molecular formula is C22H18N4O2S2. The predicted octanol–water partition coefficient (Wildman–Crippen LogP) is 5.25. The number of thiophene rings is 1. The lowest BCUT2D eigenvalue weighted by molar-refractivity contribution is 0.383. The zero-order valence-electron chi connectivity index (χ0n) is 16.1. The maximum absolute atomic E-state index is 5.72. The fourth-order valence-electron chi connectivity index (χ4n) is 3.54. The van der Waals surface area contributed by atoms with Crippen molar-refractivity contribution in [1.82, 2.24) is 20.4 Å². The number of thiocarbonyl (C=S) groups is 1. The lowest BCUT2D eigenvalue weighted by Gasteiger charge is -2.37. The summed E-state index contributed by atoms with van der Waals surface area (Å²) in [6, 6.07) is 17.7. The SMILES string of the molecule is CC1=C(c2nc(-c3cccs3)no2)C(c2ccccc2)NC(=S)N1Cc1ccco1. The van der Waals surface area contributed by atoms with Crippen LogP contribution >= 0.6 is 23.6 Å². The summed E-state index contributed by atoms with van der Waals surface area (Å²) >= 11 is 7.28. The highest BCUT2D eigenvalue weighted by Gasteiger charge is 2.34. The molecule has 0 saturated heterocycles. The molecule has 150 valence electrons. The van der Waals surface area contributed by atoms with Gasteiger partial charge < -0.3 is 19.2 Å². The standard InChI is InChI=1S/C22H18N4O2S2/c1-14-18(21-24-20(25-28-21)17-10-6-12-30-17)19(15-7-3-2-4-8-15)23-22(29)26(14)13-16-9-5-11-27-16/h2-12,19H,13H2,1H3,(H,23,29). The number of nitrogens with one attached hydrogen (secondary N) is 1. The van der Waals surface area contributed by atoms with Gasteiger partial charge in [0.2, 0.25) is 5.82 Å². The van der Waals surface area contributed by atoms with Crippen LogP contribution in [-0.4, -0.2) is 20.2 Å². The maximum Gasteiger partial charge on any atom is 0.258 e. The third-order valence-electron chi connectivity index (χ3n) is 5.02. The number of benzene rings is 1. The van der Waals surface area contributed by atoms with Crippen LogP contribution in [-0.2, 0) is 6.54 Å². The van der Waals surface area contributed by atoms with Crippen LogP contribution in [0.15, 0.2) is 80.9 Å². The van der Waals surface area contributed by atoms with E-state index in [-0.39, 0.29) is 6.04 Å². The molecule has 0 fully saturated rings. The van der Waals surface area contributed by atoms with E-state index in [1.807, 2.05) is 59.7 Å². The van der Waals surface area contributed by atoms with Gasteiger partial charge >= 0.3 is 0 Å². The Labute approximate surface area is 182 Å². The van der Waals surface area contributed by atoms with Crippen LogP contribution in [0.1, 0.15) is 30.2 Å². The molecule has 0 radical (unpaired) electrons. The molecule has 0 spiro atoms. The first-order chi connectivity index (χ1) is 14.7. The van der Waals surface area contributed by atoms with E-state index in [1.165, 1.54) is 0 Å². The Morgan fingerprint density at radius 1 is 1.13 bits per heavy atom. The summed E-state index contributed by atoms with van der Waals surface area (Å²) < 4.78 is 11.3. The first-order valence-electron chi connectivity index (χ1n) is 9.45. The van der Waals surface area contributed by atoms with Gasteiger partial charge in [0.15, 0.2) is 5.11 Å². The van der Waals surface area contributed by atoms with Crippen LogP contribution in [0, 0.1) is 0 Å². The van der Waals surface area contributed by atoms with Crippen molar-refractivity contribution in [2.75, 3.05) is 0 Å². The normalized spacial score (nSPS) is 16.8. The van der Waals surface area contributed by atoms with Crippen LogP contribution in [0.3, 0.4) is 0 Å². The minimum absolute atomic E-state index is 0.191. The summed E-state index contributed by atoms with van der Waals surface area (Å²) in [5.41, 5.74) is 2.92. The summed E-state index contributed by atoms with van der Waals surface area (Å²) in [4.78, 5) is 7.66. The molecular weight excluding hydrogens is 416 g/mol. The first-order valence-corrected chi connectivity index (χ1v) is 10.7. The van der Waals surface area contributed by atoms with Crippen molar-refractivity contribution in [2.45, 2.75) is 19.5 Å². The Bertz CT molecular complexity index is 1180. The quantitative estimate of drug-likeness (QED) is 0.430. The van der Waals surface area contributed by atoms with Crippen LogP contribution < -0.4 is 5.32 Å². The van der Waals surface area contributed by atoms with Crippen molar-refractivity contribution in [3.05, 3.63) is 89.2 Å². The fourth-order valence-corrected chi connectivity index (χ4v) is 4.51. The predicted molar refractivity (Wildman–Crippen MR) is 119 cm³/mol. The molecule has 1 aromatic carbocycles. The Morgan fingerprint density at radius 3 is 2.73 bits per heavy atom. The van der Waals surface area contributed by atoms with Crippen LogP contribution in [0.4, 0.5) is 0 Å². The topological polar surface area (TPSA) is 67.3 Å². The van der Waals surface area contributed by atoms with Gasteiger partial charge in [-0.05, 0) is 48.3 Å². The minimum Gasteiger partial charge on any atom is -0.467 e. The van der Waals surface area contributed by atoms with Crippen LogP contribution in [0.2, 0.25) is 0 Å². The number of hydrogen-bond donors (Lipinski definition) is 1. The fraction of sp³-hybridized carbons (Fsp3) is 0.136. The van der Waals surface area contributed by atoms with Gasteiger partial charge in [0.1, 0.15) is 5.76 Å². The molecule has 4 heterocycles. The number of rotatable bonds is 5. The summed E-state index contributed by atoms with van der Waals surface area (Å²) in [6.45, 7) is 2.54. The van der Waals surface area contributed by atoms with Gasteiger partial charge in [-0.2, -0.15) is 4.98 Å². The van der Waals surface area contributed by atoms with Gasteiger partial charge in [-0.3, -0.25) is 0 Å². The minimum atomic E-state index is -0.191. The molecule has 0 saturated carbocycles. The van der Waals surface area contributed by atoms with E-state index in [4.69, 9.17) is 26.1 Å². The zero-order valence-corrected chi connectivity index (χ0v) is 17.7. The summed E-state index contributed by atoms with van der Waals surface area (Å²) in [7, 11) is 0. The molecule has 1 atom stereocenters. The molecule has 0 amide bonds. The van der Waals surface area contributed by atoms with Crippen molar-refractivity contribution < 1.29 is 8.94 Å². The van der Waals surface area contributed by atoms with Gasteiger partial charge in [0, 0.05) is 5.70 Å². The lowest BCUT2D eigenvalue weighted by Crippen LogP contribution is -2.45. The average molecular weight is 435 g/mol. The number of allylic oxidation sites excluding steroid dienone is 1. The molecule has 6 nitrogen and oxygen atoms in total. The molecule has 1 N–H and O–H groups in total. The second-order valence-electron chi connectivity index (χ2n) is 6.86. The Morgan fingerprint density at radius 2 is 2.00 bits per heavy atom. The van der Waals surface area contributed by atoms with Gasteiger partial charge in [-0.25, -0.2) is 0 Å². The number of nitrogens with zero attached hydrogens (tertiary/aromatic N) is 3. The third-order valence-corrected chi connectivity index (χ3v) is 6.23.